The van der Waals surface area contributed by atoms with Crippen molar-refractivity contribution in [3.8, 4) is 0 Å². The maximum atomic E-state index is 9.70. The van der Waals surface area contributed by atoms with Gasteiger partial charge in [-0.25, -0.2) is 0 Å². The Labute approximate surface area is 837 Å². The number of methoxy groups -OCH3 is 5. The molecule has 0 bridgehead atoms. The summed E-state index contributed by atoms with van der Waals surface area (Å²) in [6, 6.07) is 31.1. The Morgan fingerprint density at radius 2 is 0.413 bits per heavy atom. The van der Waals surface area contributed by atoms with Crippen molar-refractivity contribution >= 4 is 11.4 Å². The van der Waals surface area contributed by atoms with Crippen LogP contribution in [-0.2, 0) is 69.5 Å². The highest BCUT2D eigenvalue weighted by Crippen LogP contribution is 2.44. The van der Waals surface area contributed by atoms with Gasteiger partial charge in [-0.3, -0.25) is 34.9 Å². The SMILES string of the molecule is CC(C)c1ccc(N2CC[C@@H](O)C2)c(CN(C)C)n1.CC(C)c1ccc(N2CC[C@H](O)C2)c(CN(C)C)n1.COC1CCC(c2ccc(C(C)C)nc2CN(C)C)C1.CO[C@@H]1CC[C@@H](c2ccc(C(C)C)nc2CN(C)C)C1.CO[C@@H]1CC[C@H](c2ccc(C(C)C)nc2CN(C)C)C1.CO[C@H]1CC[C@@H](c2ccc(C(C)C)nc2CN(C)C)C1.CO[C@H]1CC[C@H](c2ccc(C(C)C)nc2CN(C)C)C1. The van der Waals surface area contributed by atoms with Crippen LogP contribution in [0.2, 0.25) is 0 Å². The maximum absolute atomic E-state index is 9.70. The van der Waals surface area contributed by atoms with Gasteiger partial charge in [0.15, 0.2) is 0 Å². The third-order valence-electron chi connectivity index (χ3n) is 28.3. The molecule has 23 heteroatoms. The highest BCUT2D eigenvalue weighted by Gasteiger charge is 2.35. The molecular weight excluding hydrogens is 1720 g/mol. The molecule has 7 fully saturated rings. The van der Waals surface area contributed by atoms with Crippen molar-refractivity contribution in [2.75, 3.05) is 170 Å². The van der Waals surface area contributed by atoms with E-state index in [1.54, 1.807) is 0 Å². The van der Waals surface area contributed by atoms with Crippen molar-refractivity contribution in [3.63, 3.8) is 0 Å². The first-order chi connectivity index (χ1) is 65.5. The summed E-state index contributed by atoms with van der Waals surface area (Å²) in [5.74, 6) is 6.39. The summed E-state index contributed by atoms with van der Waals surface area (Å²) in [7, 11) is 38.5. The van der Waals surface area contributed by atoms with Crippen LogP contribution in [0.1, 0.15) is 385 Å². The Morgan fingerprint density at radius 3 is 0.558 bits per heavy atom. The van der Waals surface area contributed by atoms with Crippen molar-refractivity contribution in [2.24, 2.45) is 0 Å². The molecule has 7 aromatic heterocycles. The lowest BCUT2D eigenvalue weighted by molar-refractivity contribution is 0.108. The molecule has 7 aliphatic rings. The molecule has 5 aliphatic carbocycles. The number of anilines is 2. The zero-order valence-electron chi connectivity index (χ0n) is 92.4. The largest absolute Gasteiger partial charge is 0.391 e. The summed E-state index contributed by atoms with van der Waals surface area (Å²) in [6.07, 6.45) is 21.1. The molecule has 7 aromatic rings. The van der Waals surface area contributed by atoms with Gasteiger partial charge in [-0.15, -0.1) is 0 Å². The van der Waals surface area contributed by atoms with Crippen molar-refractivity contribution < 1.29 is 33.9 Å². The summed E-state index contributed by atoms with van der Waals surface area (Å²) in [5.41, 5.74) is 26.3. The van der Waals surface area contributed by atoms with Gasteiger partial charge in [-0.1, -0.05) is 127 Å². The number of nitrogens with zero attached hydrogens (tertiary/aromatic N) is 16. The first-order valence-electron chi connectivity index (χ1n) is 52.5. The Balaban J connectivity index is 0.000000198. The van der Waals surface area contributed by atoms with E-state index >= 15 is 0 Å². The minimum absolute atomic E-state index is 0.197. The average Bonchev–Trinajstić information content (AvgIpc) is 1.67. The molecule has 2 aliphatic heterocycles. The highest BCUT2D eigenvalue weighted by molar-refractivity contribution is 5.54. The van der Waals surface area contributed by atoms with Crippen molar-refractivity contribution in [1.82, 2.24) is 69.2 Å². The summed E-state index contributed by atoms with van der Waals surface area (Å²) >= 11 is 0. The van der Waals surface area contributed by atoms with E-state index in [2.05, 4.69) is 325 Å². The second-order valence-electron chi connectivity index (χ2n) is 44.6. The van der Waals surface area contributed by atoms with Crippen molar-refractivity contribution in [3.05, 3.63) is 192 Å². The fraction of sp³-hybridized carbons (Fsp3) is 0.696. The number of hydrogen-bond donors (Lipinski definition) is 2. The Bertz CT molecular complexity index is 4140. The van der Waals surface area contributed by atoms with Crippen LogP contribution in [0.15, 0.2) is 84.9 Å². The second-order valence-corrected chi connectivity index (χ2v) is 44.6. The molecular formula is C115H190N16O7. The average molecular weight is 1910 g/mol. The van der Waals surface area contributed by atoms with Gasteiger partial charge >= 0.3 is 0 Å². The van der Waals surface area contributed by atoms with E-state index in [-0.39, 0.29) is 12.2 Å². The van der Waals surface area contributed by atoms with E-state index in [0.717, 1.165) is 140 Å². The molecule has 0 aromatic carbocycles. The molecule has 0 spiro atoms. The van der Waals surface area contributed by atoms with Crippen molar-refractivity contribution in [1.29, 1.82) is 0 Å². The number of rotatable bonds is 33. The number of β-amino-alcohol motifs (C(OH)–C–C–N with tert-alkyl or cyclic N) is 2. The first-order valence-corrected chi connectivity index (χ1v) is 52.5. The smallest absolute Gasteiger partial charge is 0.0780 e. The van der Waals surface area contributed by atoms with E-state index in [1.807, 2.05) is 35.5 Å². The lowest BCUT2D eigenvalue weighted by Gasteiger charge is -2.23. The molecule has 9 heterocycles. The maximum Gasteiger partial charge on any atom is 0.0780 e. The van der Waals surface area contributed by atoms with Crippen LogP contribution in [-0.4, -0.2) is 283 Å². The zero-order valence-corrected chi connectivity index (χ0v) is 92.4. The second kappa shape index (κ2) is 57.5. The molecule has 2 unspecified atom stereocenters. The minimum Gasteiger partial charge on any atom is -0.391 e. The number of aromatic nitrogens is 7. The topological polar surface area (TPSA) is 206 Å². The van der Waals surface area contributed by atoms with Gasteiger partial charge < -0.3 is 78.0 Å². The van der Waals surface area contributed by atoms with Gasteiger partial charge in [-0.05, 0) is 361 Å². The molecule has 14 rings (SSSR count). The van der Waals surface area contributed by atoms with E-state index in [0.29, 0.717) is 102 Å². The Morgan fingerprint density at radius 1 is 0.246 bits per heavy atom. The number of aliphatic hydroxyl groups is 2. The monoisotopic (exact) mass is 1910 g/mol. The molecule has 0 radical (unpaired) electrons. The van der Waals surface area contributed by atoms with Gasteiger partial charge in [0.2, 0.25) is 0 Å². The van der Waals surface area contributed by atoms with Crippen LogP contribution in [0.3, 0.4) is 0 Å². The molecule has 23 nitrogen and oxygen atoms in total. The lowest BCUT2D eigenvalue weighted by atomic mass is 9.94. The van der Waals surface area contributed by atoms with E-state index < -0.39 is 0 Å². The van der Waals surface area contributed by atoms with Gasteiger partial charge in [-0.2, -0.15) is 0 Å². The Kier molecular flexibility index (Phi) is 48.5. The quantitative estimate of drug-likeness (QED) is 0.0392. The molecule has 5 saturated carbocycles. The predicted octanol–water partition coefficient (Wildman–Crippen LogP) is 21.4. The predicted molar refractivity (Wildman–Crippen MR) is 573 cm³/mol. The molecule has 138 heavy (non-hydrogen) atoms. The third kappa shape index (κ3) is 36.4. The molecule has 12 atom stereocenters. The molecule has 772 valence electrons. The summed E-state index contributed by atoms with van der Waals surface area (Å²) in [5, 5.41) is 19.4. The molecule has 0 amide bonds. The number of aliphatic hydroxyl groups excluding tert-OH is 2. The third-order valence-corrected chi connectivity index (χ3v) is 28.3. The number of hydrogen-bond acceptors (Lipinski definition) is 23. The zero-order chi connectivity index (χ0) is 101. The van der Waals surface area contributed by atoms with E-state index in [1.165, 1.54) is 160 Å². The van der Waals surface area contributed by atoms with Crippen LogP contribution in [0.25, 0.3) is 0 Å². The molecule has 2 saturated heterocycles. The number of ether oxygens (including phenoxy) is 5. The van der Waals surface area contributed by atoms with Crippen LogP contribution in [0.5, 0.6) is 0 Å². The van der Waals surface area contributed by atoms with Gasteiger partial charge in [0.25, 0.3) is 0 Å². The van der Waals surface area contributed by atoms with Crippen LogP contribution in [0.4, 0.5) is 11.4 Å². The summed E-state index contributed by atoms with van der Waals surface area (Å²) < 4.78 is 27.6. The standard InChI is InChI=1S/5C17H28N2O.2C15H25N3O/c5*1-12(2)16-9-8-15(17(18-16)11-19(3)4)13-6-7-14(10-13)20-5;2*1-11(2)13-5-6-15(14(16-13)10-17(3)4)18-8-7-12(19)9-18/h5*8-9,12-14H,6-7,10-11H2,1-5H3;2*5-6,11-12,19H,7-10H2,1-4H3/t2*13-,14+;2*13-,14-;;2*12-/m1010.10/s1. The fourth-order valence-electron chi connectivity index (χ4n) is 20.4. The normalized spacial score (nSPS) is 22.1. The Hall–Kier alpha value is -6.91. The number of pyridine rings is 7. The van der Waals surface area contributed by atoms with Crippen LogP contribution in [0, 0.1) is 0 Å². The van der Waals surface area contributed by atoms with Crippen LogP contribution < -0.4 is 9.80 Å². The van der Waals surface area contributed by atoms with Gasteiger partial charge in [0.05, 0.1) is 94.0 Å². The lowest BCUT2D eigenvalue weighted by Crippen LogP contribution is -2.25. The van der Waals surface area contributed by atoms with E-state index in [4.69, 9.17) is 58.6 Å². The fourth-order valence-corrected chi connectivity index (χ4v) is 20.4. The summed E-state index contributed by atoms with van der Waals surface area (Å²) in [4.78, 5) is 54.1. The minimum atomic E-state index is -0.197. The van der Waals surface area contributed by atoms with Crippen molar-refractivity contribution in [2.45, 2.75) is 366 Å². The summed E-state index contributed by atoms with van der Waals surface area (Å²) in [6.45, 7) is 40.3. The van der Waals surface area contributed by atoms with Gasteiger partial charge in [0, 0.05) is 147 Å². The van der Waals surface area contributed by atoms with E-state index in [9.17, 15) is 10.2 Å². The van der Waals surface area contributed by atoms with Crippen LogP contribution >= 0.6 is 0 Å². The first kappa shape index (κ1) is 116. The van der Waals surface area contributed by atoms with Gasteiger partial charge in [0.1, 0.15) is 0 Å². The molecule has 2 N–H and O–H groups in total. The highest BCUT2D eigenvalue weighted by atomic mass is 16.5.